The Labute approximate surface area is 193 Å². The van der Waals surface area contributed by atoms with E-state index in [4.69, 9.17) is 4.74 Å². The summed E-state index contributed by atoms with van der Waals surface area (Å²) in [6, 6.07) is 25.8. The van der Waals surface area contributed by atoms with E-state index >= 15 is 0 Å². The lowest BCUT2D eigenvalue weighted by Gasteiger charge is -2.09. The van der Waals surface area contributed by atoms with E-state index < -0.39 is 0 Å². The third-order valence-electron chi connectivity index (χ3n) is 5.67. The highest BCUT2D eigenvalue weighted by atomic mass is 16.5. The number of carbonyl (C=O) groups excluding carboxylic acids is 1. The first-order chi connectivity index (χ1) is 16.2. The van der Waals surface area contributed by atoms with Gasteiger partial charge in [-0.1, -0.05) is 66.7 Å². The first-order valence-electron chi connectivity index (χ1n) is 11.3. The molecular weight excluding hydrogens is 414 g/mol. The molecule has 170 valence electrons. The molecule has 0 aliphatic rings. The van der Waals surface area contributed by atoms with Crippen LogP contribution in [0.2, 0.25) is 0 Å². The summed E-state index contributed by atoms with van der Waals surface area (Å²) in [4.78, 5) is 25.2. The Morgan fingerprint density at radius 1 is 0.818 bits per heavy atom. The topological polar surface area (TPSA) is 65.3 Å². The molecule has 0 saturated heterocycles. The monoisotopic (exact) mass is 443 g/mol. The molecule has 0 aliphatic heterocycles. The van der Waals surface area contributed by atoms with Gasteiger partial charge in [-0.3, -0.25) is 13.9 Å². The second-order valence-corrected chi connectivity index (χ2v) is 7.99. The molecule has 1 N–H and O–H groups in total. The zero-order valence-electron chi connectivity index (χ0n) is 18.9. The highest BCUT2D eigenvalue weighted by Crippen LogP contribution is 2.13. The van der Waals surface area contributed by atoms with Gasteiger partial charge in [0.05, 0.1) is 24.2 Å². The highest BCUT2D eigenvalue weighted by Gasteiger charge is 2.12. The van der Waals surface area contributed by atoms with Gasteiger partial charge in [-0.25, -0.2) is 4.79 Å². The summed E-state index contributed by atoms with van der Waals surface area (Å²) in [6.07, 6.45) is 0.248. The fourth-order valence-corrected chi connectivity index (χ4v) is 3.99. The van der Waals surface area contributed by atoms with Crippen LogP contribution in [0, 0.1) is 0 Å². The van der Waals surface area contributed by atoms with Gasteiger partial charge < -0.3 is 10.1 Å². The smallest absolute Gasteiger partial charge is 0.329 e. The molecule has 0 unspecified atom stereocenters. The third-order valence-corrected chi connectivity index (χ3v) is 5.67. The lowest BCUT2D eigenvalue weighted by atomic mass is 10.1. The molecule has 4 aromatic rings. The molecule has 1 heterocycles. The number of imidazole rings is 1. The number of ether oxygens (including phenoxy) is 1. The molecule has 0 atom stereocenters. The molecule has 1 amide bonds. The molecule has 0 saturated carbocycles. The second-order valence-electron chi connectivity index (χ2n) is 7.99. The number of hydrogen-bond acceptors (Lipinski definition) is 3. The first kappa shape index (κ1) is 22.6. The van der Waals surface area contributed by atoms with Crippen LogP contribution in [-0.2, 0) is 42.4 Å². The largest absolute Gasteiger partial charge is 0.372 e. The van der Waals surface area contributed by atoms with Gasteiger partial charge in [0.2, 0.25) is 5.91 Å². The van der Waals surface area contributed by atoms with Crippen LogP contribution in [0.1, 0.15) is 30.0 Å². The normalized spacial score (nSPS) is 11.1. The average molecular weight is 444 g/mol. The second kappa shape index (κ2) is 10.8. The van der Waals surface area contributed by atoms with Crippen molar-refractivity contribution in [1.29, 1.82) is 0 Å². The van der Waals surface area contributed by atoms with Gasteiger partial charge in [-0.05, 0) is 35.7 Å². The van der Waals surface area contributed by atoms with Crippen LogP contribution in [0.3, 0.4) is 0 Å². The van der Waals surface area contributed by atoms with Gasteiger partial charge in [0.1, 0.15) is 0 Å². The van der Waals surface area contributed by atoms with Crippen molar-refractivity contribution in [3.8, 4) is 0 Å². The van der Waals surface area contributed by atoms with Crippen LogP contribution in [0.4, 0.5) is 0 Å². The molecular formula is C27H29N3O3. The third kappa shape index (κ3) is 5.59. The van der Waals surface area contributed by atoms with E-state index in [9.17, 15) is 9.59 Å². The van der Waals surface area contributed by atoms with Crippen molar-refractivity contribution in [1.82, 2.24) is 14.5 Å². The zero-order chi connectivity index (χ0) is 23.0. The molecule has 6 nitrogen and oxygen atoms in total. The number of hydrogen-bond donors (Lipinski definition) is 1. The molecule has 0 fully saturated rings. The van der Waals surface area contributed by atoms with Crippen LogP contribution in [0.25, 0.3) is 11.0 Å². The van der Waals surface area contributed by atoms with Crippen molar-refractivity contribution >= 4 is 16.9 Å². The lowest BCUT2D eigenvalue weighted by molar-refractivity contribution is -0.121. The zero-order valence-corrected chi connectivity index (χ0v) is 18.9. The Bertz CT molecular complexity index is 1270. The summed E-state index contributed by atoms with van der Waals surface area (Å²) in [5.41, 5.74) is 4.91. The highest BCUT2D eigenvalue weighted by molar-refractivity contribution is 5.78. The predicted octanol–water partition coefficient (Wildman–Crippen LogP) is 4.25. The Hall–Kier alpha value is -3.64. The van der Waals surface area contributed by atoms with E-state index in [1.807, 2.05) is 85.8 Å². The molecule has 1 aromatic heterocycles. The molecule has 0 bridgehead atoms. The van der Waals surface area contributed by atoms with Crippen LogP contribution in [-0.4, -0.2) is 15.0 Å². The number of fused-ring (bicyclic) bond motifs is 1. The van der Waals surface area contributed by atoms with Crippen LogP contribution < -0.4 is 11.0 Å². The molecule has 6 heteroatoms. The number of benzene rings is 3. The van der Waals surface area contributed by atoms with Gasteiger partial charge in [0.25, 0.3) is 0 Å². The summed E-state index contributed by atoms with van der Waals surface area (Å²) in [7, 11) is 0. The van der Waals surface area contributed by atoms with Crippen molar-refractivity contribution in [2.45, 2.75) is 46.2 Å². The van der Waals surface area contributed by atoms with Gasteiger partial charge in [-0.15, -0.1) is 0 Å². The standard InChI is InChI=1S/C27H29N3O3/c1-2-29-24-13-6-7-14-25(24)30(27(29)32)16-15-26(31)28-18-22-11-8-12-23(17-22)20-33-19-21-9-4-3-5-10-21/h3-14,17H,2,15-16,18-20H2,1H3,(H,28,31). The van der Waals surface area contributed by atoms with Crippen molar-refractivity contribution < 1.29 is 9.53 Å². The van der Waals surface area contributed by atoms with Gasteiger partial charge in [0, 0.05) is 26.1 Å². The van der Waals surface area contributed by atoms with E-state index in [1.54, 1.807) is 9.13 Å². The van der Waals surface area contributed by atoms with E-state index in [2.05, 4.69) is 5.32 Å². The number of rotatable bonds is 10. The van der Waals surface area contributed by atoms with Crippen LogP contribution in [0.15, 0.2) is 83.7 Å². The van der Waals surface area contributed by atoms with Gasteiger partial charge in [-0.2, -0.15) is 0 Å². The van der Waals surface area contributed by atoms with Crippen LogP contribution in [0.5, 0.6) is 0 Å². The fourth-order valence-electron chi connectivity index (χ4n) is 3.99. The quantitative estimate of drug-likeness (QED) is 0.399. The van der Waals surface area contributed by atoms with Crippen LogP contribution >= 0.6 is 0 Å². The van der Waals surface area contributed by atoms with E-state index in [0.717, 1.165) is 27.7 Å². The number of aryl methyl sites for hydroxylation is 2. The predicted molar refractivity (Wildman–Crippen MR) is 130 cm³/mol. The van der Waals surface area contributed by atoms with Crippen molar-refractivity contribution in [3.05, 3.63) is 106 Å². The molecule has 4 rings (SSSR count). The minimum atomic E-state index is -0.0824. The molecule has 3 aromatic carbocycles. The first-order valence-corrected chi connectivity index (χ1v) is 11.3. The van der Waals surface area contributed by atoms with Gasteiger partial charge in [0.15, 0.2) is 0 Å². The maximum atomic E-state index is 12.7. The number of aromatic nitrogens is 2. The van der Waals surface area contributed by atoms with E-state index in [1.165, 1.54) is 0 Å². The van der Waals surface area contributed by atoms with Crippen molar-refractivity contribution in [2.75, 3.05) is 0 Å². The number of nitrogens with zero attached hydrogens (tertiary/aromatic N) is 2. The number of carbonyl (C=O) groups is 1. The number of para-hydroxylation sites is 2. The van der Waals surface area contributed by atoms with Crippen molar-refractivity contribution in [3.63, 3.8) is 0 Å². The number of amides is 1. The SMILES string of the molecule is CCn1c(=O)n(CCC(=O)NCc2cccc(COCc3ccccc3)c2)c2ccccc21. The minimum Gasteiger partial charge on any atom is -0.372 e. The van der Waals surface area contributed by atoms with Crippen molar-refractivity contribution in [2.24, 2.45) is 0 Å². The summed E-state index contributed by atoms with van der Waals surface area (Å²) < 4.78 is 9.23. The summed E-state index contributed by atoms with van der Waals surface area (Å²) in [6.45, 7) is 4.43. The molecule has 0 aliphatic carbocycles. The maximum absolute atomic E-state index is 12.7. The minimum absolute atomic E-state index is 0.0743. The summed E-state index contributed by atoms with van der Waals surface area (Å²) in [5, 5.41) is 2.96. The Balaban J connectivity index is 1.29. The molecule has 33 heavy (non-hydrogen) atoms. The Kier molecular flexibility index (Phi) is 7.37. The van der Waals surface area contributed by atoms with E-state index in [0.29, 0.717) is 32.8 Å². The van der Waals surface area contributed by atoms with E-state index in [-0.39, 0.29) is 18.0 Å². The Morgan fingerprint density at radius 2 is 1.45 bits per heavy atom. The number of nitrogens with one attached hydrogen (secondary N) is 1. The average Bonchev–Trinajstić information content (AvgIpc) is 3.12. The summed E-state index contributed by atoms with van der Waals surface area (Å²) in [5.74, 6) is -0.0824. The lowest BCUT2D eigenvalue weighted by Crippen LogP contribution is -2.28. The maximum Gasteiger partial charge on any atom is 0.329 e. The summed E-state index contributed by atoms with van der Waals surface area (Å²) >= 11 is 0. The molecule has 0 radical (unpaired) electrons. The molecule has 0 spiro atoms. The fraction of sp³-hybridized carbons (Fsp3) is 0.259. The van der Waals surface area contributed by atoms with Gasteiger partial charge >= 0.3 is 5.69 Å². The Morgan fingerprint density at radius 3 is 2.21 bits per heavy atom.